The van der Waals surface area contributed by atoms with Gasteiger partial charge in [0.2, 0.25) is 6.79 Å². The Kier molecular flexibility index (Phi) is 6.88. The number of carboxylic acid groups (broad SMARTS) is 2. The summed E-state index contributed by atoms with van der Waals surface area (Å²) in [5.74, 6) is -1.95. The number of carbonyl (C=O) groups is 3. The fourth-order valence-corrected chi connectivity index (χ4v) is 4.96. The van der Waals surface area contributed by atoms with Crippen molar-refractivity contribution in [2.45, 2.75) is 19.0 Å². The number of nitrogens with zero attached hydrogens (tertiary/aromatic N) is 1. The lowest BCUT2D eigenvalue weighted by Crippen LogP contribution is -2.38. The van der Waals surface area contributed by atoms with E-state index in [1.54, 1.807) is 48.5 Å². The van der Waals surface area contributed by atoms with E-state index in [0.717, 1.165) is 0 Å². The number of benzene rings is 3. The Balaban J connectivity index is 1.74. The first-order valence-electron chi connectivity index (χ1n) is 12.1. The number of hydrogen-bond donors (Lipinski definition) is 2. The highest BCUT2D eigenvalue weighted by Crippen LogP contribution is 2.52. The minimum absolute atomic E-state index is 0.0499. The number of hydrogen-bond acceptors (Lipinski definition) is 8. The van der Waals surface area contributed by atoms with Gasteiger partial charge in [-0.05, 0) is 60.0 Å². The Morgan fingerprint density at radius 3 is 2.33 bits per heavy atom. The zero-order chi connectivity index (χ0) is 27.7. The van der Waals surface area contributed by atoms with Gasteiger partial charge in [0.05, 0.1) is 25.8 Å². The summed E-state index contributed by atoms with van der Waals surface area (Å²) in [6.45, 7) is 1.62. The first-order valence-corrected chi connectivity index (χ1v) is 12.1. The number of carbonyl (C=O) groups excluding carboxylic acids is 1. The molecule has 0 fully saturated rings. The number of fused-ring (bicyclic) bond motifs is 2. The molecule has 11 heteroatoms. The highest BCUT2D eigenvalue weighted by Gasteiger charge is 2.46. The molecular weight excluding hydrogens is 510 g/mol. The first-order chi connectivity index (χ1) is 18.8. The van der Waals surface area contributed by atoms with Crippen LogP contribution in [-0.2, 0) is 14.4 Å². The zero-order valence-corrected chi connectivity index (χ0v) is 21.1. The lowest BCUT2D eigenvalue weighted by Gasteiger charge is -2.31. The average molecular weight is 536 g/mol. The quantitative estimate of drug-likeness (QED) is 0.412. The third-order valence-electron chi connectivity index (χ3n) is 6.51. The maximum absolute atomic E-state index is 13.4. The molecule has 2 N–H and O–H groups in total. The number of rotatable bonds is 8. The van der Waals surface area contributed by atoms with Crippen LogP contribution in [0.5, 0.6) is 28.7 Å². The van der Waals surface area contributed by atoms with Crippen LogP contribution in [0.25, 0.3) is 0 Å². The van der Waals surface area contributed by atoms with E-state index in [1.165, 1.54) is 18.1 Å². The van der Waals surface area contributed by atoms with Gasteiger partial charge in [0.25, 0.3) is 0 Å². The van der Waals surface area contributed by atoms with E-state index >= 15 is 0 Å². The van der Waals surface area contributed by atoms with Crippen molar-refractivity contribution >= 4 is 17.8 Å². The lowest BCUT2D eigenvalue weighted by molar-refractivity contribution is -0.157. The summed E-state index contributed by atoms with van der Waals surface area (Å²) in [6.07, 6.45) is 0. The summed E-state index contributed by atoms with van der Waals surface area (Å²) in [6, 6.07) is 13.4. The summed E-state index contributed by atoms with van der Waals surface area (Å²) < 4.78 is 27.6. The van der Waals surface area contributed by atoms with E-state index in [2.05, 4.69) is 0 Å². The fourth-order valence-electron chi connectivity index (χ4n) is 4.96. The largest absolute Gasteiger partial charge is 0.497 e. The molecule has 0 aromatic heterocycles. The minimum atomic E-state index is -1.65. The Bertz CT molecular complexity index is 1450. The molecule has 202 valence electrons. The molecule has 5 rings (SSSR count). The van der Waals surface area contributed by atoms with Crippen LogP contribution in [0.3, 0.4) is 0 Å². The van der Waals surface area contributed by atoms with Crippen molar-refractivity contribution in [3.8, 4) is 28.7 Å². The van der Waals surface area contributed by atoms with Crippen LogP contribution in [-0.4, -0.2) is 60.1 Å². The van der Waals surface area contributed by atoms with Crippen LogP contribution in [0.1, 0.15) is 41.3 Å². The standard InChI is InChI=1S/C28H25NO10/c1-3-36-17-6-7-18-20(11-17)26(19-8-5-16(35-2)12-22(19)37-13-24(30)31)29(27(32)28(33)34)25(18)15-4-9-21-23(10-15)39-14-38-21/h4-12,25-26H,3,13-14H2,1-2H3,(H,30,31)(H,33,34)/t25-,26+/m1/s1. The smallest absolute Gasteiger partial charge is 0.394 e. The average Bonchev–Trinajstić information content (AvgIpc) is 3.53. The van der Waals surface area contributed by atoms with Crippen molar-refractivity contribution in [3.05, 3.63) is 76.9 Å². The molecule has 11 nitrogen and oxygen atoms in total. The van der Waals surface area contributed by atoms with Crippen molar-refractivity contribution in [3.63, 3.8) is 0 Å². The van der Waals surface area contributed by atoms with E-state index < -0.39 is 36.5 Å². The second-order valence-electron chi connectivity index (χ2n) is 8.75. The molecule has 1 amide bonds. The maximum Gasteiger partial charge on any atom is 0.394 e. The third kappa shape index (κ3) is 4.74. The molecule has 2 atom stereocenters. The van der Waals surface area contributed by atoms with Gasteiger partial charge >= 0.3 is 17.8 Å². The molecule has 3 aromatic carbocycles. The lowest BCUT2D eigenvalue weighted by atomic mass is 9.94. The van der Waals surface area contributed by atoms with E-state index in [1.807, 2.05) is 6.92 Å². The molecule has 2 aliphatic rings. The van der Waals surface area contributed by atoms with Gasteiger partial charge in [-0.15, -0.1) is 0 Å². The Hall–Kier alpha value is -4.93. The molecule has 2 aliphatic heterocycles. The fraction of sp³-hybridized carbons (Fsp3) is 0.250. The Morgan fingerprint density at radius 2 is 1.62 bits per heavy atom. The van der Waals surface area contributed by atoms with E-state index in [9.17, 15) is 24.6 Å². The molecule has 39 heavy (non-hydrogen) atoms. The van der Waals surface area contributed by atoms with Crippen molar-refractivity contribution in [2.75, 3.05) is 27.1 Å². The predicted molar refractivity (Wildman–Crippen MR) is 134 cm³/mol. The van der Waals surface area contributed by atoms with Gasteiger partial charge < -0.3 is 38.8 Å². The second-order valence-corrected chi connectivity index (χ2v) is 8.75. The molecule has 0 saturated carbocycles. The van der Waals surface area contributed by atoms with Gasteiger partial charge in [0, 0.05) is 11.6 Å². The highest BCUT2D eigenvalue weighted by molar-refractivity contribution is 6.31. The van der Waals surface area contributed by atoms with Crippen LogP contribution in [0.15, 0.2) is 54.6 Å². The van der Waals surface area contributed by atoms with E-state index in [-0.39, 0.29) is 12.5 Å². The van der Waals surface area contributed by atoms with E-state index in [4.69, 9.17) is 23.7 Å². The molecule has 0 unspecified atom stereocenters. The van der Waals surface area contributed by atoms with Crippen LogP contribution in [0.2, 0.25) is 0 Å². The van der Waals surface area contributed by atoms with Gasteiger partial charge in [0.1, 0.15) is 17.2 Å². The molecule has 0 radical (unpaired) electrons. The number of amides is 1. The van der Waals surface area contributed by atoms with E-state index in [0.29, 0.717) is 51.9 Å². The molecule has 0 bridgehead atoms. The Labute approximate surface area is 223 Å². The van der Waals surface area contributed by atoms with Crippen LogP contribution < -0.4 is 23.7 Å². The summed E-state index contributed by atoms with van der Waals surface area (Å²) >= 11 is 0. The third-order valence-corrected chi connectivity index (χ3v) is 6.51. The first kappa shape index (κ1) is 25.7. The SMILES string of the molecule is CCOc1ccc2c(c1)[C@H](c1ccc(OC)cc1OCC(=O)O)N(C(=O)C(=O)O)[C@@H]2c1ccc2c(c1)OCO2. The molecule has 3 aromatic rings. The number of ether oxygens (including phenoxy) is 5. The van der Waals surface area contributed by atoms with Gasteiger partial charge in [-0.2, -0.15) is 0 Å². The molecular formula is C28H25NO10. The van der Waals surface area contributed by atoms with Gasteiger partial charge in [-0.3, -0.25) is 4.79 Å². The maximum atomic E-state index is 13.4. The highest BCUT2D eigenvalue weighted by atomic mass is 16.7. The summed E-state index contributed by atoms with van der Waals surface area (Å²) in [5, 5.41) is 19.1. The molecule has 0 aliphatic carbocycles. The van der Waals surface area contributed by atoms with Crippen molar-refractivity contribution < 1.29 is 48.3 Å². The normalized spacial score (nSPS) is 16.9. The second kappa shape index (κ2) is 10.4. The summed E-state index contributed by atoms with van der Waals surface area (Å²) in [7, 11) is 1.45. The Morgan fingerprint density at radius 1 is 0.872 bits per heavy atom. The van der Waals surface area contributed by atoms with Gasteiger partial charge in [0.15, 0.2) is 18.1 Å². The topological polar surface area (TPSA) is 141 Å². The van der Waals surface area contributed by atoms with Crippen molar-refractivity contribution in [1.29, 1.82) is 0 Å². The number of aliphatic carboxylic acids is 2. The van der Waals surface area contributed by atoms with Crippen LogP contribution in [0.4, 0.5) is 0 Å². The minimum Gasteiger partial charge on any atom is -0.497 e. The van der Waals surface area contributed by atoms with Gasteiger partial charge in [-0.25, -0.2) is 9.59 Å². The number of carboxylic acids is 2. The van der Waals surface area contributed by atoms with Crippen molar-refractivity contribution in [2.24, 2.45) is 0 Å². The molecule has 0 spiro atoms. The van der Waals surface area contributed by atoms with Gasteiger partial charge in [-0.1, -0.05) is 12.1 Å². The monoisotopic (exact) mass is 535 g/mol. The molecule has 0 saturated heterocycles. The van der Waals surface area contributed by atoms with Crippen LogP contribution >= 0.6 is 0 Å². The van der Waals surface area contributed by atoms with Crippen LogP contribution in [0, 0.1) is 0 Å². The predicted octanol–water partition coefficient (Wildman–Crippen LogP) is 3.39. The summed E-state index contributed by atoms with van der Waals surface area (Å²) in [5.41, 5.74) is 2.24. The van der Waals surface area contributed by atoms with Crippen molar-refractivity contribution in [1.82, 2.24) is 4.90 Å². The molecule has 2 heterocycles. The zero-order valence-electron chi connectivity index (χ0n) is 21.1. The summed E-state index contributed by atoms with van der Waals surface area (Å²) in [4.78, 5) is 38.1. The number of methoxy groups -OCH3 is 1.